The third-order valence-electron chi connectivity index (χ3n) is 3.13. The number of carbonyl (C=O) groups is 1. The zero-order valence-electron chi connectivity index (χ0n) is 12.0. The van der Waals surface area contributed by atoms with Gasteiger partial charge in [0.25, 0.3) is 0 Å². The molecule has 0 fully saturated rings. The molecule has 0 saturated heterocycles. The number of benzene rings is 1. The molecule has 110 valence electrons. The van der Waals surface area contributed by atoms with Crippen LogP contribution in [-0.2, 0) is 14.6 Å². The summed E-state index contributed by atoms with van der Waals surface area (Å²) in [6.07, 6.45) is 3.20. The van der Waals surface area contributed by atoms with Gasteiger partial charge in [-0.3, -0.25) is 4.79 Å². The van der Waals surface area contributed by atoms with E-state index >= 15 is 0 Å². The molecule has 0 aliphatic heterocycles. The first-order chi connectivity index (χ1) is 9.38. The summed E-state index contributed by atoms with van der Waals surface area (Å²) in [7, 11) is -3.45. The summed E-state index contributed by atoms with van der Waals surface area (Å²) in [6, 6.07) is 9.22. The van der Waals surface area contributed by atoms with E-state index in [1.54, 1.807) is 19.1 Å². The zero-order valence-corrected chi connectivity index (χ0v) is 12.9. The Balaban J connectivity index is 2.71. The van der Waals surface area contributed by atoms with E-state index in [1.165, 1.54) is 6.92 Å². The van der Waals surface area contributed by atoms with Gasteiger partial charge in [0.1, 0.15) is 5.25 Å². The van der Waals surface area contributed by atoms with Gasteiger partial charge >= 0.3 is 0 Å². The fraction of sp³-hybridized carbons (Fsp3) is 0.400. The van der Waals surface area contributed by atoms with Crippen LogP contribution in [0.4, 0.5) is 0 Å². The number of hydrogen-bond acceptors (Lipinski definition) is 3. The van der Waals surface area contributed by atoms with Crippen LogP contribution in [-0.4, -0.2) is 25.3 Å². The molecule has 5 heteroatoms. The van der Waals surface area contributed by atoms with Crippen LogP contribution < -0.4 is 5.32 Å². The van der Waals surface area contributed by atoms with Crippen LogP contribution in [0.25, 0.3) is 0 Å². The van der Waals surface area contributed by atoms with Gasteiger partial charge in [-0.05, 0) is 26.3 Å². The maximum absolute atomic E-state index is 12.0. The summed E-state index contributed by atoms with van der Waals surface area (Å²) in [4.78, 5) is 12.0. The van der Waals surface area contributed by atoms with Gasteiger partial charge in [0, 0.05) is 0 Å². The quantitative estimate of drug-likeness (QED) is 0.819. The van der Waals surface area contributed by atoms with Crippen LogP contribution in [0.2, 0.25) is 0 Å². The summed E-state index contributed by atoms with van der Waals surface area (Å²) in [6.45, 7) is 5.00. The van der Waals surface area contributed by atoms with E-state index in [0.29, 0.717) is 0 Å². The SMILES string of the molecule is C/C=C/CS(=O)(=O)C(C)C(=O)NC(C)c1ccccc1. The molecule has 0 heterocycles. The second-order valence-electron chi connectivity index (χ2n) is 4.68. The number of sulfone groups is 1. The molecule has 4 nitrogen and oxygen atoms in total. The molecular formula is C15H21NO3S. The van der Waals surface area contributed by atoms with Gasteiger partial charge in [-0.1, -0.05) is 42.5 Å². The number of rotatable bonds is 6. The molecule has 20 heavy (non-hydrogen) atoms. The maximum Gasteiger partial charge on any atom is 0.238 e. The summed E-state index contributed by atoms with van der Waals surface area (Å²) >= 11 is 0. The van der Waals surface area contributed by atoms with E-state index in [1.807, 2.05) is 37.3 Å². The second-order valence-corrected chi connectivity index (χ2v) is 7.05. The van der Waals surface area contributed by atoms with Crippen molar-refractivity contribution in [2.24, 2.45) is 0 Å². The lowest BCUT2D eigenvalue weighted by Gasteiger charge is -2.17. The third-order valence-corrected chi connectivity index (χ3v) is 5.08. The average molecular weight is 295 g/mol. The van der Waals surface area contributed by atoms with Gasteiger partial charge in [-0.2, -0.15) is 0 Å². The van der Waals surface area contributed by atoms with Crippen LogP contribution in [0.1, 0.15) is 32.4 Å². The lowest BCUT2D eigenvalue weighted by molar-refractivity contribution is -0.121. The molecule has 0 aliphatic rings. The van der Waals surface area contributed by atoms with Crippen molar-refractivity contribution in [3.8, 4) is 0 Å². The fourth-order valence-electron chi connectivity index (χ4n) is 1.69. The summed E-state index contributed by atoms with van der Waals surface area (Å²) in [5.41, 5.74) is 0.943. The largest absolute Gasteiger partial charge is 0.348 e. The molecule has 1 N–H and O–H groups in total. The molecule has 0 spiro atoms. The van der Waals surface area contributed by atoms with Crippen LogP contribution in [0.5, 0.6) is 0 Å². The van der Waals surface area contributed by atoms with E-state index in [2.05, 4.69) is 5.32 Å². The van der Waals surface area contributed by atoms with Crippen LogP contribution >= 0.6 is 0 Å². The van der Waals surface area contributed by atoms with Gasteiger partial charge in [0.15, 0.2) is 9.84 Å². The molecule has 0 aromatic heterocycles. The molecule has 2 atom stereocenters. The van der Waals surface area contributed by atoms with E-state index in [0.717, 1.165) is 5.56 Å². The minimum atomic E-state index is -3.45. The number of allylic oxidation sites excluding steroid dienone is 1. The molecule has 0 aliphatic carbocycles. The van der Waals surface area contributed by atoms with E-state index in [-0.39, 0.29) is 11.8 Å². The highest BCUT2D eigenvalue weighted by atomic mass is 32.2. The minimum absolute atomic E-state index is 0.113. The molecule has 0 saturated carbocycles. The Kier molecular flexibility index (Phi) is 5.95. The van der Waals surface area contributed by atoms with Crippen molar-refractivity contribution in [1.29, 1.82) is 0 Å². The molecular weight excluding hydrogens is 274 g/mol. The monoisotopic (exact) mass is 295 g/mol. The highest BCUT2D eigenvalue weighted by Crippen LogP contribution is 2.12. The Hall–Kier alpha value is -1.62. The van der Waals surface area contributed by atoms with Crippen LogP contribution in [0.15, 0.2) is 42.5 Å². The second kappa shape index (κ2) is 7.24. The summed E-state index contributed by atoms with van der Waals surface area (Å²) in [5, 5.41) is 1.69. The Morgan fingerprint density at radius 1 is 1.25 bits per heavy atom. The van der Waals surface area contributed by atoms with Crippen molar-refractivity contribution in [2.75, 3.05) is 5.75 Å². The topological polar surface area (TPSA) is 63.2 Å². The van der Waals surface area contributed by atoms with Crippen molar-refractivity contribution >= 4 is 15.7 Å². The minimum Gasteiger partial charge on any atom is -0.348 e. The van der Waals surface area contributed by atoms with Gasteiger partial charge < -0.3 is 5.32 Å². The molecule has 1 amide bonds. The van der Waals surface area contributed by atoms with Crippen LogP contribution in [0, 0.1) is 0 Å². The van der Waals surface area contributed by atoms with Crippen molar-refractivity contribution in [1.82, 2.24) is 5.32 Å². The van der Waals surface area contributed by atoms with Crippen molar-refractivity contribution in [2.45, 2.75) is 32.1 Å². The van der Waals surface area contributed by atoms with Gasteiger partial charge in [0.05, 0.1) is 11.8 Å². The first kappa shape index (κ1) is 16.4. The lowest BCUT2D eigenvalue weighted by atomic mass is 10.1. The molecule has 2 unspecified atom stereocenters. The first-order valence-electron chi connectivity index (χ1n) is 6.56. The highest BCUT2D eigenvalue weighted by Gasteiger charge is 2.27. The number of carbonyl (C=O) groups excluding carboxylic acids is 1. The van der Waals surface area contributed by atoms with Gasteiger partial charge in [-0.25, -0.2) is 8.42 Å². The standard InChI is InChI=1S/C15H21NO3S/c1-4-5-11-20(18,19)13(3)15(17)16-12(2)14-9-7-6-8-10-14/h4-10,12-13H,11H2,1-3H3,(H,16,17)/b5-4+. The zero-order chi connectivity index (χ0) is 15.2. The maximum atomic E-state index is 12.0. The Morgan fingerprint density at radius 3 is 2.40 bits per heavy atom. The van der Waals surface area contributed by atoms with Crippen molar-refractivity contribution < 1.29 is 13.2 Å². The number of nitrogens with one attached hydrogen (secondary N) is 1. The van der Waals surface area contributed by atoms with E-state index < -0.39 is 21.0 Å². The third kappa shape index (κ3) is 4.49. The summed E-state index contributed by atoms with van der Waals surface area (Å²) in [5.74, 6) is -0.580. The predicted molar refractivity (Wildman–Crippen MR) is 81.1 cm³/mol. The normalized spacial score (nSPS) is 14.9. The first-order valence-corrected chi connectivity index (χ1v) is 8.28. The van der Waals surface area contributed by atoms with Crippen LogP contribution in [0.3, 0.4) is 0 Å². The van der Waals surface area contributed by atoms with Crippen molar-refractivity contribution in [3.05, 3.63) is 48.0 Å². The van der Waals surface area contributed by atoms with Gasteiger partial charge in [-0.15, -0.1) is 0 Å². The summed E-state index contributed by atoms with van der Waals surface area (Å²) < 4.78 is 23.9. The molecule has 0 radical (unpaired) electrons. The Morgan fingerprint density at radius 2 is 1.85 bits per heavy atom. The smallest absolute Gasteiger partial charge is 0.238 e. The fourth-order valence-corrected chi connectivity index (χ4v) is 2.84. The number of hydrogen-bond donors (Lipinski definition) is 1. The van der Waals surface area contributed by atoms with Gasteiger partial charge in [0.2, 0.25) is 5.91 Å². The molecule has 0 bridgehead atoms. The number of amides is 1. The Labute approximate surface area is 120 Å². The predicted octanol–water partition coefficient (Wildman–Crippen LogP) is 2.24. The highest BCUT2D eigenvalue weighted by molar-refractivity contribution is 7.92. The van der Waals surface area contributed by atoms with Crippen molar-refractivity contribution in [3.63, 3.8) is 0 Å². The molecule has 1 aromatic carbocycles. The van der Waals surface area contributed by atoms with E-state index in [9.17, 15) is 13.2 Å². The average Bonchev–Trinajstić information content (AvgIpc) is 2.45. The lowest BCUT2D eigenvalue weighted by Crippen LogP contribution is -2.39. The molecule has 1 rings (SSSR count). The molecule has 1 aromatic rings. The van der Waals surface area contributed by atoms with E-state index in [4.69, 9.17) is 0 Å². The Bertz CT molecular complexity index is 564.